The number of anilines is 2. The average molecular weight is 270 g/mol. The molecule has 1 aromatic heterocycles. The van der Waals surface area contributed by atoms with Gasteiger partial charge >= 0.3 is 0 Å². The summed E-state index contributed by atoms with van der Waals surface area (Å²) in [4.78, 5) is 10.5. The number of hydrazine groups is 1. The summed E-state index contributed by atoms with van der Waals surface area (Å²) in [6.45, 7) is 2.31. The lowest BCUT2D eigenvalue weighted by molar-refractivity contribution is 0.340. The van der Waals surface area contributed by atoms with Crippen molar-refractivity contribution in [3.05, 3.63) is 11.2 Å². The van der Waals surface area contributed by atoms with Crippen LogP contribution in [0.15, 0.2) is 6.20 Å². The molecule has 0 aromatic carbocycles. The number of nitrogens with one attached hydrogen (secondary N) is 1. The molecule has 1 aliphatic carbocycles. The molecule has 1 aliphatic rings. The summed E-state index contributed by atoms with van der Waals surface area (Å²) in [5.74, 6) is 7.30. The van der Waals surface area contributed by atoms with Gasteiger partial charge in [0.05, 0.1) is 6.20 Å². The van der Waals surface area contributed by atoms with Gasteiger partial charge in [0.25, 0.3) is 0 Å². The monoisotopic (exact) mass is 269 g/mol. The van der Waals surface area contributed by atoms with Crippen LogP contribution in [0.1, 0.15) is 32.6 Å². The Morgan fingerprint density at radius 1 is 1.39 bits per heavy atom. The third kappa shape index (κ3) is 2.84. The molecule has 100 valence electrons. The number of hydrogen-bond donors (Lipinski definition) is 2. The van der Waals surface area contributed by atoms with Crippen molar-refractivity contribution >= 4 is 23.4 Å². The molecular formula is C12H20ClN5. The van der Waals surface area contributed by atoms with E-state index in [-0.39, 0.29) is 0 Å². The van der Waals surface area contributed by atoms with Gasteiger partial charge in [-0.05, 0) is 31.6 Å². The number of hydrogen-bond acceptors (Lipinski definition) is 5. The summed E-state index contributed by atoms with van der Waals surface area (Å²) in [6.07, 6.45) is 6.48. The van der Waals surface area contributed by atoms with Crippen LogP contribution in [0.5, 0.6) is 0 Å². The van der Waals surface area contributed by atoms with Crippen molar-refractivity contribution in [1.82, 2.24) is 9.97 Å². The highest BCUT2D eigenvalue weighted by Gasteiger charge is 2.24. The number of nitrogen functional groups attached to an aromatic ring is 1. The van der Waals surface area contributed by atoms with Crippen LogP contribution in [0, 0.1) is 5.92 Å². The van der Waals surface area contributed by atoms with Crippen LogP contribution in [-0.4, -0.2) is 23.1 Å². The number of rotatable bonds is 3. The molecule has 0 unspecified atom stereocenters. The Hall–Kier alpha value is -1.07. The van der Waals surface area contributed by atoms with Crippen molar-refractivity contribution in [2.24, 2.45) is 11.8 Å². The maximum atomic E-state index is 6.16. The molecule has 1 fully saturated rings. The van der Waals surface area contributed by atoms with E-state index in [1.54, 1.807) is 6.20 Å². The van der Waals surface area contributed by atoms with Crippen LogP contribution in [0.4, 0.5) is 11.8 Å². The van der Waals surface area contributed by atoms with E-state index in [1.807, 2.05) is 7.05 Å². The minimum Gasteiger partial charge on any atom is -0.355 e. The summed E-state index contributed by atoms with van der Waals surface area (Å²) in [5.41, 5.74) is 2.45. The van der Waals surface area contributed by atoms with Crippen molar-refractivity contribution in [3.8, 4) is 0 Å². The highest BCUT2D eigenvalue weighted by atomic mass is 35.5. The Morgan fingerprint density at radius 3 is 2.67 bits per heavy atom. The second-order valence-electron chi connectivity index (χ2n) is 5.03. The first-order valence-corrected chi connectivity index (χ1v) is 6.71. The Balaban J connectivity index is 2.14. The molecule has 3 N–H and O–H groups in total. The topological polar surface area (TPSA) is 67.1 Å². The number of aromatic nitrogens is 2. The molecule has 5 nitrogen and oxygen atoms in total. The van der Waals surface area contributed by atoms with Crippen molar-refractivity contribution < 1.29 is 0 Å². The molecule has 0 aliphatic heterocycles. The summed E-state index contributed by atoms with van der Waals surface area (Å²) >= 11 is 6.16. The first-order chi connectivity index (χ1) is 8.61. The fraction of sp³-hybridized carbons (Fsp3) is 0.667. The minimum absolute atomic E-state index is 0.394. The van der Waals surface area contributed by atoms with Gasteiger partial charge in [0.1, 0.15) is 5.02 Å². The van der Waals surface area contributed by atoms with E-state index in [0.29, 0.717) is 17.0 Å². The van der Waals surface area contributed by atoms with Gasteiger partial charge in [-0.3, -0.25) is 5.43 Å². The molecule has 0 amide bonds. The molecular weight excluding hydrogens is 250 g/mol. The summed E-state index contributed by atoms with van der Waals surface area (Å²) < 4.78 is 0. The Labute approximate surface area is 113 Å². The van der Waals surface area contributed by atoms with Gasteiger partial charge in [-0.15, -0.1) is 0 Å². The van der Waals surface area contributed by atoms with Crippen LogP contribution in [0.3, 0.4) is 0 Å². The highest BCUT2D eigenvalue weighted by Crippen LogP contribution is 2.31. The lowest BCUT2D eigenvalue weighted by atomic mass is 9.87. The molecule has 6 heteroatoms. The van der Waals surface area contributed by atoms with Gasteiger partial charge in [-0.2, -0.15) is 4.98 Å². The zero-order valence-electron chi connectivity index (χ0n) is 10.9. The van der Waals surface area contributed by atoms with E-state index >= 15 is 0 Å². The third-order valence-electron chi connectivity index (χ3n) is 3.72. The lowest BCUT2D eigenvalue weighted by Gasteiger charge is -2.34. The largest absolute Gasteiger partial charge is 0.355 e. The Kier molecular flexibility index (Phi) is 4.24. The van der Waals surface area contributed by atoms with Gasteiger partial charge in [0.15, 0.2) is 5.82 Å². The van der Waals surface area contributed by atoms with Crippen LogP contribution in [-0.2, 0) is 0 Å². The second-order valence-corrected chi connectivity index (χ2v) is 5.44. The third-order valence-corrected chi connectivity index (χ3v) is 3.99. The zero-order chi connectivity index (χ0) is 13.1. The van der Waals surface area contributed by atoms with E-state index in [1.165, 1.54) is 25.7 Å². The number of halogens is 1. The van der Waals surface area contributed by atoms with Crippen molar-refractivity contribution in [3.63, 3.8) is 0 Å². The molecule has 1 saturated carbocycles. The van der Waals surface area contributed by atoms with Gasteiger partial charge in [0.2, 0.25) is 5.95 Å². The van der Waals surface area contributed by atoms with Gasteiger partial charge in [0, 0.05) is 13.1 Å². The first kappa shape index (κ1) is 13.4. The molecule has 0 radical (unpaired) electrons. The van der Waals surface area contributed by atoms with E-state index in [9.17, 15) is 0 Å². The van der Waals surface area contributed by atoms with Crippen LogP contribution in [0.2, 0.25) is 5.02 Å². The molecule has 1 heterocycles. The number of nitrogens with zero attached hydrogens (tertiary/aromatic N) is 3. The van der Waals surface area contributed by atoms with Gasteiger partial charge in [-0.25, -0.2) is 10.8 Å². The quantitative estimate of drug-likeness (QED) is 0.652. The smallest absolute Gasteiger partial charge is 0.239 e. The average Bonchev–Trinajstić information content (AvgIpc) is 2.39. The maximum absolute atomic E-state index is 6.16. The van der Waals surface area contributed by atoms with Gasteiger partial charge < -0.3 is 4.90 Å². The minimum atomic E-state index is 0.394. The molecule has 0 saturated heterocycles. The fourth-order valence-corrected chi connectivity index (χ4v) is 2.70. The van der Waals surface area contributed by atoms with E-state index in [0.717, 1.165) is 11.7 Å². The summed E-state index contributed by atoms with van der Waals surface area (Å²) in [7, 11) is 2.04. The van der Waals surface area contributed by atoms with Crippen LogP contribution < -0.4 is 16.2 Å². The standard InChI is InChI=1S/C12H20ClN5/c1-8-3-5-9(6-4-8)18(2)11-10(13)7-15-12(16-11)17-14/h7-9H,3-6,14H2,1-2H3,(H,15,16,17). The Morgan fingerprint density at radius 2 is 2.06 bits per heavy atom. The van der Waals surface area contributed by atoms with E-state index < -0.39 is 0 Å². The van der Waals surface area contributed by atoms with E-state index in [2.05, 4.69) is 27.2 Å². The Bertz CT molecular complexity index is 403. The van der Waals surface area contributed by atoms with Crippen LogP contribution >= 0.6 is 11.6 Å². The SMILES string of the molecule is CC1CCC(N(C)c2nc(NN)ncc2Cl)CC1. The predicted molar refractivity (Wildman–Crippen MR) is 74.7 cm³/mol. The van der Waals surface area contributed by atoms with Crippen LogP contribution in [0.25, 0.3) is 0 Å². The molecule has 1 aromatic rings. The predicted octanol–water partition coefficient (Wildman–Crippen LogP) is 2.43. The van der Waals surface area contributed by atoms with Gasteiger partial charge in [-0.1, -0.05) is 18.5 Å². The normalized spacial score (nSPS) is 23.8. The molecule has 0 spiro atoms. The molecule has 18 heavy (non-hydrogen) atoms. The summed E-state index contributed by atoms with van der Waals surface area (Å²) in [5, 5.41) is 0.565. The molecule has 0 bridgehead atoms. The van der Waals surface area contributed by atoms with Crippen molar-refractivity contribution in [1.29, 1.82) is 0 Å². The van der Waals surface area contributed by atoms with Crippen molar-refractivity contribution in [2.75, 3.05) is 17.4 Å². The zero-order valence-corrected chi connectivity index (χ0v) is 11.6. The number of nitrogens with two attached hydrogens (primary N) is 1. The molecule has 2 rings (SSSR count). The fourth-order valence-electron chi connectivity index (χ4n) is 2.48. The summed E-state index contributed by atoms with van der Waals surface area (Å²) in [6, 6.07) is 0.499. The second kappa shape index (κ2) is 5.71. The highest BCUT2D eigenvalue weighted by molar-refractivity contribution is 6.32. The maximum Gasteiger partial charge on any atom is 0.239 e. The molecule has 0 atom stereocenters. The first-order valence-electron chi connectivity index (χ1n) is 6.33. The lowest BCUT2D eigenvalue weighted by Crippen LogP contribution is -2.35. The van der Waals surface area contributed by atoms with Crippen molar-refractivity contribution in [2.45, 2.75) is 38.6 Å². The van der Waals surface area contributed by atoms with E-state index in [4.69, 9.17) is 17.4 Å².